The molecule has 0 saturated carbocycles. The lowest BCUT2D eigenvalue weighted by Crippen LogP contribution is -2.08. The summed E-state index contributed by atoms with van der Waals surface area (Å²) >= 11 is 0. The Morgan fingerprint density at radius 1 is 0.750 bits per heavy atom. The number of para-hydroxylation sites is 1. The van der Waals surface area contributed by atoms with E-state index in [1.807, 2.05) is 78.9 Å². The van der Waals surface area contributed by atoms with Gasteiger partial charge in [-0.1, -0.05) is 85.4 Å². The largest absolute Gasteiger partial charge is 0.518 e. The number of benzene rings is 3. The zero-order valence-corrected chi connectivity index (χ0v) is 13.0. The monoisotopic (exact) mass is 316 g/mol. The summed E-state index contributed by atoms with van der Waals surface area (Å²) in [4.78, 5) is 11.9. The van der Waals surface area contributed by atoms with Gasteiger partial charge in [0.2, 0.25) is 0 Å². The van der Waals surface area contributed by atoms with Crippen LogP contribution in [0.2, 0.25) is 0 Å². The van der Waals surface area contributed by atoms with Crippen LogP contribution in [0.1, 0.15) is 0 Å². The molecule has 3 rings (SSSR count). The van der Waals surface area contributed by atoms with Gasteiger partial charge in [0.05, 0.1) is 6.26 Å². The molecule has 0 heterocycles. The molecule has 0 saturated heterocycles. The van der Waals surface area contributed by atoms with Crippen LogP contribution >= 0.6 is 0 Å². The summed E-state index contributed by atoms with van der Waals surface area (Å²) in [5.41, 5.74) is 3.55. The van der Waals surface area contributed by atoms with E-state index < -0.39 is 6.16 Å². The quantitative estimate of drug-likeness (QED) is 0.353. The van der Waals surface area contributed by atoms with Crippen molar-refractivity contribution in [1.82, 2.24) is 0 Å². The molecule has 3 nitrogen and oxygen atoms in total. The van der Waals surface area contributed by atoms with Crippen LogP contribution in [0.25, 0.3) is 22.3 Å². The van der Waals surface area contributed by atoms with Crippen molar-refractivity contribution in [3.05, 3.63) is 91.7 Å². The van der Waals surface area contributed by atoms with Gasteiger partial charge in [-0.2, -0.15) is 0 Å². The number of hydrogen-bond donors (Lipinski definition) is 0. The smallest absolute Gasteiger partial charge is 0.403 e. The lowest BCUT2D eigenvalue weighted by atomic mass is 9.97. The molecule has 0 N–H and O–H groups in total. The summed E-state index contributed by atoms with van der Waals surface area (Å²) in [5, 5.41) is 0. The Hall–Kier alpha value is -3.33. The van der Waals surface area contributed by atoms with E-state index in [1.165, 1.54) is 0 Å². The predicted molar refractivity (Wildman–Crippen MR) is 94.6 cm³/mol. The van der Waals surface area contributed by atoms with Crippen molar-refractivity contribution in [3.63, 3.8) is 0 Å². The van der Waals surface area contributed by atoms with Gasteiger partial charge in [0, 0.05) is 11.1 Å². The Labute approximate surface area is 140 Å². The molecule has 0 amide bonds. The van der Waals surface area contributed by atoms with E-state index in [-0.39, 0.29) is 0 Å². The van der Waals surface area contributed by atoms with Crippen molar-refractivity contribution >= 4 is 6.16 Å². The maximum absolute atomic E-state index is 11.9. The zero-order chi connectivity index (χ0) is 16.8. The molecule has 0 aliphatic rings. The molecule has 0 aromatic heterocycles. The van der Waals surface area contributed by atoms with Gasteiger partial charge < -0.3 is 9.47 Å². The molecular formula is C21H16O3. The average molecular weight is 316 g/mol. The molecule has 3 aromatic rings. The molecule has 0 atom stereocenters. The first-order valence-electron chi connectivity index (χ1n) is 7.53. The highest BCUT2D eigenvalue weighted by atomic mass is 16.7. The van der Waals surface area contributed by atoms with Crippen LogP contribution in [0.3, 0.4) is 0 Å². The minimum atomic E-state index is -0.814. The third-order valence-corrected chi connectivity index (χ3v) is 3.55. The maximum atomic E-state index is 11.9. The van der Waals surface area contributed by atoms with Crippen LogP contribution in [-0.2, 0) is 4.74 Å². The number of hydrogen-bond acceptors (Lipinski definition) is 3. The van der Waals surface area contributed by atoms with Gasteiger partial charge in [-0.25, -0.2) is 4.79 Å². The Kier molecular flexibility index (Phi) is 4.73. The Bertz CT molecular complexity index is 782. The van der Waals surface area contributed by atoms with Crippen molar-refractivity contribution in [2.75, 3.05) is 0 Å². The van der Waals surface area contributed by atoms with Gasteiger partial charge in [-0.15, -0.1) is 0 Å². The van der Waals surface area contributed by atoms with Crippen molar-refractivity contribution < 1.29 is 14.3 Å². The van der Waals surface area contributed by atoms with Crippen LogP contribution in [0, 0.1) is 0 Å². The van der Waals surface area contributed by atoms with Crippen molar-refractivity contribution in [2.45, 2.75) is 0 Å². The fourth-order valence-electron chi connectivity index (χ4n) is 2.51. The highest BCUT2D eigenvalue weighted by molar-refractivity contribution is 5.85. The van der Waals surface area contributed by atoms with E-state index in [0.29, 0.717) is 5.75 Å². The normalized spacial score (nSPS) is 10.0. The number of ether oxygens (including phenoxy) is 2. The molecule has 0 unspecified atom stereocenters. The minimum absolute atomic E-state index is 0.460. The SMILES string of the molecule is C=COC(=O)Oc1c(-c2ccccc2)cccc1-c1ccccc1. The van der Waals surface area contributed by atoms with Crippen LogP contribution in [0.15, 0.2) is 91.7 Å². The molecule has 3 heteroatoms. The van der Waals surface area contributed by atoms with E-state index in [0.717, 1.165) is 28.5 Å². The van der Waals surface area contributed by atoms with Crippen LogP contribution in [0.5, 0.6) is 5.75 Å². The molecule has 0 radical (unpaired) electrons. The molecule has 0 bridgehead atoms. The molecule has 0 spiro atoms. The summed E-state index contributed by atoms with van der Waals surface area (Å²) in [5.74, 6) is 0.460. The molecule has 118 valence electrons. The summed E-state index contributed by atoms with van der Waals surface area (Å²) in [6.45, 7) is 3.38. The van der Waals surface area contributed by atoms with Crippen LogP contribution in [-0.4, -0.2) is 6.16 Å². The highest BCUT2D eigenvalue weighted by Crippen LogP contribution is 2.39. The van der Waals surface area contributed by atoms with Gasteiger partial charge in [-0.3, -0.25) is 0 Å². The standard InChI is InChI=1S/C21H16O3/c1-2-23-21(22)24-20-18(16-10-5-3-6-11-16)14-9-15-19(20)17-12-7-4-8-13-17/h2-15H,1H2. The summed E-state index contributed by atoms with van der Waals surface area (Å²) in [6, 6.07) is 25.3. The summed E-state index contributed by atoms with van der Waals surface area (Å²) in [7, 11) is 0. The number of carbonyl (C=O) groups excluding carboxylic acids is 1. The molecule has 0 aliphatic carbocycles. The lowest BCUT2D eigenvalue weighted by molar-refractivity contribution is 0.136. The average Bonchev–Trinajstić information content (AvgIpc) is 2.63. The van der Waals surface area contributed by atoms with Gasteiger partial charge in [0.25, 0.3) is 0 Å². The second-order valence-electron chi connectivity index (χ2n) is 5.05. The van der Waals surface area contributed by atoms with Gasteiger partial charge in [-0.05, 0) is 11.1 Å². The lowest BCUT2D eigenvalue weighted by Gasteiger charge is -2.14. The van der Waals surface area contributed by atoms with Crippen molar-refractivity contribution in [3.8, 4) is 28.0 Å². The first-order valence-corrected chi connectivity index (χ1v) is 7.53. The Morgan fingerprint density at radius 3 is 1.71 bits per heavy atom. The first kappa shape index (κ1) is 15.6. The number of rotatable bonds is 4. The second-order valence-corrected chi connectivity index (χ2v) is 5.05. The summed E-state index contributed by atoms with van der Waals surface area (Å²) < 4.78 is 10.2. The zero-order valence-electron chi connectivity index (χ0n) is 13.0. The van der Waals surface area contributed by atoms with Crippen molar-refractivity contribution in [1.29, 1.82) is 0 Å². The van der Waals surface area contributed by atoms with Crippen LogP contribution in [0.4, 0.5) is 4.79 Å². The third kappa shape index (κ3) is 3.36. The topological polar surface area (TPSA) is 35.5 Å². The molecular weight excluding hydrogens is 300 g/mol. The highest BCUT2D eigenvalue weighted by Gasteiger charge is 2.17. The molecule has 3 aromatic carbocycles. The second kappa shape index (κ2) is 7.29. The first-order chi connectivity index (χ1) is 11.8. The Morgan fingerprint density at radius 2 is 1.25 bits per heavy atom. The maximum Gasteiger partial charge on any atom is 0.518 e. The Balaban J connectivity index is 2.15. The molecule has 0 fully saturated rings. The van der Waals surface area contributed by atoms with E-state index in [2.05, 4.69) is 6.58 Å². The summed E-state index contributed by atoms with van der Waals surface area (Å²) in [6.07, 6.45) is 0.237. The fourth-order valence-corrected chi connectivity index (χ4v) is 2.51. The predicted octanol–water partition coefficient (Wildman–Crippen LogP) is 5.68. The molecule has 0 aliphatic heterocycles. The van der Waals surface area contributed by atoms with E-state index in [9.17, 15) is 4.79 Å². The van der Waals surface area contributed by atoms with Gasteiger partial charge >= 0.3 is 6.16 Å². The third-order valence-electron chi connectivity index (χ3n) is 3.55. The van der Waals surface area contributed by atoms with E-state index in [4.69, 9.17) is 9.47 Å². The van der Waals surface area contributed by atoms with Crippen LogP contribution < -0.4 is 4.74 Å². The van der Waals surface area contributed by atoms with Gasteiger partial charge in [0.15, 0.2) is 0 Å². The fraction of sp³-hybridized carbons (Fsp3) is 0. The number of carbonyl (C=O) groups is 1. The van der Waals surface area contributed by atoms with Crippen molar-refractivity contribution in [2.24, 2.45) is 0 Å². The van der Waals surface area contributed by atoms with E-state index in [1.54, 1.807) is 0 Å². The minimum Gasteiger partial charge on any atom is -0.403 e. The van der Waals surface area contributed by atoms with Gasteiger partial charge in [0.1, 0.15) is 5.75 Å². The molecule has 24 heavy (non-hydrogen) atoms. The van der Waals surface area contributed by atoms with E-state index >= 15 is 0 Å².